The summed E-state index contributed by atoms with van der Waals surface area (Å²) in [6.45, 7) is 0.294. The fraction of sp³-hybridized carbons (Fsp3) is 0.611. The molecule has 3 atom stereocenters. The number of aromatic nitrogens is 1. The molecule has 3 N–H and O–H groups in total. The summed E-state index contributed by atoms with van der Waals surface area (Å²) in [6, 6.07) is 3.53. The zero-order valence-corrected chi connectivity index (χ0v) is 14.2. The quantitative estimate of drug-likeness (QED) is 0.668. The molecule has 136 valence electrons. The normalized spacial score (nSPS) is 26.0. The SMILES string of the molecule is O=C(C[C@@H]1CC[C@H](NC(=O)C2CC2)[C@@H](CO)O1)NCc1ccncc1. The monoisotopic (exact) mass is 347 g/mol. The van der Waals surface area contributed by atoms with Crippen molar-refractivity contribution < 1.29 is 19.4 Å². The van der Waals surface area contributed by atoms with E-state index < -0.39 is 6.10 Å². The lowest BCUT2D eigenvalue weighted by Crippen LogP contribution is -2.51. The Kier molecular flexibility index (Phi) is 5.99. The van der Waals surface area contributed by atoms with Crippen LogP contribution in [0.1, 0.15) is 37.7 Å². The second kappa shape index (κ2) is 8.40. The van der Waals surface area contributed by atoms with Gasteiger partial charge >= 0.3 is 0 Å². The smallest absolute Gasteiger partial charge is 0.223 e. The molecule has 7 nitrogen and oxygen atoms in total. The third kappa shape index (κ3) is 5.24. The third-order valence-electron chi connectivity index (χ3n) is 4.72. The number of ether oxygens (including phenoxy) is 1. The van der Waals surface area contributed by atoms with Crippen molar-refractivity contribution in [1.82, 2.24) is 15.6 Å². The zero-order chi connectivity index (χ0) is 17.6. The number of aliphatic hydroxyl groups excluding tert-OH is 1. The molecule has 7 heteroatoms. The summed E-state index contributed by atoms with van der Waals surface area (Å²) in [5, 5.41) is 15.4. The van der Waals surface area contributed by atoms with Crippen LogP contribution in [-0.2, 0) is 20.9 Å². The van der Waals surface area contributed by atoms with E-state index in [2.05, 4.69) is 15.6 Å². The number of nitrogens with one attached hydrogen (secondary N) is 2. The van der Waals surface area contributed by atoms with E-state index >= 15 is 0 Å². The van der Waals surface area contributed by atoms with E-state index in [0.29, 0.717) is 19.4 Å². The van der Waals surface area contributed by atoms with Crippen LogP contribution in [-0.4, -0.2) is 46.8 Å². The van der Waals surface area contributed by atoms with Gasteiger partial charge < -0.3 is 20.5 Å². The molecule has 1 saturated carbocycles. The molecule has 0 spiro atoms. The Morgan fingerprint density at radius 2 is 1.96 bits per heavy atom. The number of pyridine rings is 1. The van der Waals surface area contributed by atoms with E-state index in [9.17, 15) is 14.7 Å². The molecule has 0 bridgehead atoms. The van der Waals surface area contributed by atoms with Gasteiger partial charge in [-0.05, 0) is 43.4 Å². The molecule has 1 saturated heterocycles. The molecule has 1 aromatic rings. The Balaban J connectivity index is 1.42. The molecule has 0 unspecified atom stereocenters. The van der Waals surface area contributed by atoms with Crippen LogP contribution in [0.15, 0.2) is 24.5 Å². The minimum atomic E-state index is -0.450. The van der Waals surface area contributed by atoms with Gasteiger partial charge in [-0.1, -0.05) is 0 Å². The Morgan fingerprint density at radius 3 is 2.64 bits per heavy atom. The maximum Gasteiger partial charge on any atom is 0.223 e. The first kappa shape index (κ1) is 17.8. The van der Waals surface area contributed by atoms with Crippen LogP contribution in [0, 0.1) is 5.92 Å². The van der Waals surface area contributed by atoms with E-state index in [1.807, 2.05) is 12.1 Å². The van der Waals surface area contributed by atoms with E-state index in [0.717, 1.165) is 18.4 Å². The number of hydrogen-bond acceptors (Lipinski definition) is 5. The third-order valence-corrected chi connectivity index (χ3v) is 4.72. The first-order valence-electron chi connectivity index (χ1n) is 8.88. The molecule has 0 radical (unpaired) electrons. The van der Waals surface area contributed by atoms with Crippen molar-refractivity contribution in [3.05, 3.63) is 30.1 Å². The minimum Gasteiger partial charge on any atom is -0.394 e. The van der Waals surface area contributed by atoms with Gasteiger partial charge in [0, 0.05) is 24.9 Å². The summed E-state index contributed by atoms with van der Waals surface area (Å²) in [6.07, 6.45) is 6.25. The number of carbonyl (C=O) groups is 2. The molecule has 2 heterocycles. The predicted octanol–water partition coefficient (Wildman–Crippen LogP) is 0.523. The van der Waals surface area contributed by atoms with Crippen LogP contribution < -0.4 is 10.6 Å². The van der Waals surface area contributed by atoms with Gasteiger partial charge in [-0.3, -0.25) is 14.6 Å². The lowest BCUT2D eigenvalue weighted by molar-refractivity contribution is -0.136. The Labute approximate surface area is 147 Å². The van der Waals surface area contributed by atoms with Crippen molar-refractivity contribution in [1.29, 1.82) is 0 Å². The minimum absolute atomic E-state index is 0.0561. The number of nitrogens with zero attached hydrogens (tertiary/aromatic N) is 1. The molecule has 2 fully saturated rings. The summed E-state index contributed by atoms with van der Waals surface area (Å²) >= 11 is 0. The van der Waals surface area contributed by atoms with Crippen LogP contribution in [0.2, 0.25) is 0 Å². The van der Waals surface area contributed by atoms with Gasteiger partial charge in [0.25, 0.3) is 0 Å². The van der Waals surface area contributed by atoms with Gasteiger partial charge in [0.05, 0.1) is 25.2 Å². The van der Waals surface area contributed by atoms with Crippen molar-refractivity contribution in [3.8, 4) is 0 Å². The molecule has 25 heavy (non-hydrogen) atoms. The summed E-state index contributed by atoms with van der Waals surface area (Å²) in [5.41, 5.74) is 0.990. The van der Waals surface area contributed by atoms with Gasteiger partial charge in [-0.2, -0.15) is 0 Å². The van der Waals surface area contributed by atoms with E-state index in [-0.39, 0.29) is 42.9 Å². The second-order valence-electron chi connectivity index (χ2n) is 6.78. The van der Waals surface area contributed by atoms with Gasteiger partial charge in [0.1, 0.15) is 6.10 Å². The first-order valence-corrected chi connectivity index (χ1v) is 8.88. The topological polar surface area (TPSA) is 101 Å². The largest absolute Gasteiger partial charge is 0.394 e. The van der Waals surface area contributed by atoms with Crippen molar-refractivity contribution >= 4 is 11.8 Å². The van der Waals surface area contributed by atoms with E-state index in [1.54, 1.807) is 12.4 Å². The molecular weight excluding hydrogens is 322 g/mol. The fourth-order valence-corrected chi connectivity index (χ4v) is 3.07. The highest BCUT2D eigenvalue weighted by molar-refractivity contribution is 5.81. The molecule has 2 aliphatic rings. The summed E-state index contributed by atoms with van der Waals surface area (Å²) in [5.74, 6) is 0.107. The highest BCUT2D eigenvalue weighted by atomic mass is 16.5. The lowest BCUT2D eigenvalue weighted by Gasteiger charge is -2.36. The van der Waals surface area contributed by atoms with E-state index in [1.165, 1.54) is 0 Å². The summed E-state index contributed by atoms with van der Waals surface area (Å²) in [4.78, 5) is 27.9. The van der Waals surface area contributed by atoms with Crippen LogP contribution >= 0.6 is 0 Å². The number of aliphatic hydroxyl groups is 1. The molecule has 3 rings (SSSR count). The standard InChI is InChI=1S/C18H25N3O4/c22-11-16-15(21-18(24)13-1-2-13)4-3-14(25-16)9-17(23)20-10-12-5-7-19-8-6-12/h5-8,13-16,22H,1-4,9-11H2,(H,20,23)(H,21,24)/t14-,15-,16+/m0/s1. The molecule has 1 aromatic heterocycles. The Hall–Kier alpha value is -1.99. The summed E-state index contributed by atoms with van der Waals surface area (Å²) in [7, 11) is 0. The van der Waals surface area contributed by atoms with E-state index in [4.69, 9.17) is 4.74 Å². The van der Waals surface area contributed by atoms with Crippen LogP contribution in [0.3, 0.4) is 0 Å². The average molecular weight is 347 g/mol. The van der Waals surface area contributed by atoms with Crippen LogP contribution in [0.4, 0.5) is 0 Å². The number of amides is 2. The number of rotatable bonds is 7. The number of hydrogen-bond donors (Lipinski definition) is 3. The maximum atomic E-state index is 12.1. The van der Waals surface area contributed by atoms with Gasteiger partial charge in [-0.25, -0.2) is 0 Å². The highest BCUT2D eigenvalue weighted by Gasteiger charge is 2.36. The predicted molar refractivity (Wildman–Crippen MR) is 90.3 cm³/mol. The lowest BCUT2D eigenvalue weighted by atomic mass is 9.96. The molecule has 0 aromatic carbocycles. The molecular formula is C18H25N3O4. The Bertz CT molecular complexity index is 591. The van der Waals surface area contributed by atoms with Crippen LogP contribution in [0.25, 0.3) is 0 Å². The molecule has 1 aliphatic heterocycles. The average Bonchev–Trinajstić information content (AvgIpc) is 3.47. The van der Waals surface area contributed by atoms with Gasteiger partial charge in [-0.15, -0.1) is 0 Å². The fourth-order valence-electron chi connectivity index (χ4n) is 3.07. The zero-order valence-electron chi connectivity index (χ0n) is 14.2. The first-order chi connectivity index (χ1) is 12.2. The summed E-state index contributed by atoms with van der Waals surface area (Å²) < 4.78 is 5.84. The molecule has 1 aliphatic carbocycles. The van der Waals surface area contributed by atoms with Crippen LogP contribution in [0.5, 0.6) is 0 Å². The number of carbonyl (C=O) groups excluding carboxylic acids is 2. The van der Waals surface area contributed by atoms with Gasteiger partial charge in [0.2, 0.25) is 11.8 Å². The molecule has 2 amide bonds. The van der Waals surface area contributed by atoms with Gasteiger partial charge in [0.15, 0.2) is 0 Å². The maximum absolute atomic E-state index is 12.1. The van der Waals surface area contributed by atoms with Crippen molar-refractivity contribution in [2.75, 3.05) is 6.61 Å². The van der Waals surface area contributed by atoms with Crippen molar-refractivity contribution in [2.45, 2.75) is 56.9 Å². The second-order valence-corrected chi connectivity index (χ2v) is 6.78. The van der Waals surface area contributed by atoms with Crippen molar-refractivity contribution in [2.24, 2.45) is 5.92 Å². The van der Waals surface area contributed by atoms with Crippen molar-refractivity contribution in [3.63, 3.8) is 0 Å². The highest BCUT2D eigenvalue weighted by Crippen LogP contribution is 2.30. The Morgan fingerprint density at radius 1 is 1.20 bits per heavy atom.